The Bertz CT molecular complexity index is 395. The number of rotatable bonds is 2. The van der Waals surface area contributed by atoms with Crippen LogP contribution in [0, 0.1) is 5.92 Å². The zero-order chi connectivity index (χ0) is 12.5. The molecule has 0 saturated heterocycles. The smallest absolute Gasteiger partial charge is 0.229 e. The van der Waals surface area contributed by atoms with E-state index in [1.54, 1.807) is 0 Å². The first-order chi connectivity index (χ1) is 8.72. The fraction of sp³-hybridized carbons (Fsp3) is 0.857. The maximum atomic E-state index is 5.94. The van der Waals surface area contributed by atoms with Crippen LogP contribution >= 0.6 is 0 Å². The molecule has 2 aliphatic rings. The van der Waals surface area contributed by atoms with E-state index in [1.165, 1.54) is 25.7 Å². The highest BCUT2D eigenvalue weighted by Gasteiger charge is 2.30. The molecule has 18 heavy (non-hydrogen) atoms. The summed E-state index contributed by atoms with van der Waals surface area (Å²) in [6.45, 7) is 2.33. The summed E-state index contributed by atoms with van der Waals surface area (Å²) in [7, 11) is 0. The van der Waals surface area contributed by atoms with Crippen LogP contribution in [0.2, 0.25) is 0 Å². The molecule has 3 rings (SSSR count). The second-order valence-electron chi connectivity index (χ2n) is 6.22. The molecule has 0 aliphatic heterocycles. The molecule has 1 aromatic rings. The van der Waals surface area contributed by atoms with Gasteiger partial charge in [0.05, 0.1) is 0 Å². The lowest BCUT2D eigenvalue weighted by molar-refractivity contribution is 0.319. The van der Waals surface area contributed by atoms with Gasteiger partial charge in [0.2, 0.25) is 5.89 Å². The van der Waals surface area contributed by atoms with Crippen LogP contribution in [0.15, 0.2) is 4.52 Å². The molecule has 1 aromatic heterocycles. The molecule has 0 aromatic carbocycles. The average molecular weight is 249 g/mol. The molecule has 4 nitrogen and oxygen atoms in total. The van der Waals surface area contributed by atoms with Crippen LogP contribution in [-0.4, -0.2) is 16.2 Å². The summed E-state index contributed by atoms with van der Waals surface area (Å²) in [6.07, 6.45) is 8.21. The van der Waals surface area contributed by atoms with E-state index < -0.39 is 0 Å². The van der Waals surface area contributed by atoms with E-state index in [2.05, 4.69) is 17.1 Å². The van der Waals surface area contributed by atoms with Crippen LogP contribution in [0.5, 0.6) is 0 Å². The second kappa shape index (κ2) is 5.00. The number of nitrogens with two attached hydrogens (primary N) is 1. The monoisotopic (exact) mass is 249 g/mol. The van der Waals surface area contributed by atoms with Crippen molar-refractivity contribution in [1.29, 1.82) is 0 Å². The quantitative estimate of drug-likeness (QED) is 0.875. The first kappa shape index (κ1) is 12.2. The van der Waals surface area contributed by atoms with Crippen molar-refractivity contribution in [1.82, 2.24) is 10.1 Å². The molecule has 4 heteroatoms. The lowest BCUT2D eigenvalue weighted by Gasteiger charge is -2.23. The van der Waals surface area contributed by atoms with Gasteiger partial charge in [-0.2, -0.15) is 4.98 Å². The van der Waals surface area contributed by atoms with Gasteiger partial charge in [-0.15, -0.1) is 0 Å². The van der Waals surface area contributed by atoms with E-state index in [-0.39, 0.29) is 0 Å². The van der Waals surface area contributed by atoms with Gasteiger partial charge >= 0.3 is 0 Å². The molecule has 0 bridgehead atoms. The molecule has 2 atom stereocenters. The molecule has 0 unspecified atom stereocenters. The number of hydrogen-bond donors (Lipinski definition) is 1. The molecular formula is C14H23N3O. The van der Waals surface area contributed by atoms with Crippen LogP contribution in [-0.2, 0) is 0 Å². The van der Waals surface area contributed by atoms with Gasteiger partial charge in [0.15, 0.2) is 5.82 Å². The molecule has 2 aliphatic carbocycles. The van der Waals surface area contributed by atoms with Crippen molar-refractivity contribution >= 4 is 0 Å². The highest BCUT2D eigenvalue weighted by molar-refractivity contribution is 5.03. The minimum absolute atomic E-state index is 0.320. The molecule has 2 N–H and O–H groups in total. The minimum atomic E-state index is 0.320. The molecule has 2 fully saturated rings. The first-order valence-electron chi connectivity index (χ1n) is 7.31. The fourth-order valence-electron chi connectivity index (χ4n) is 3.34. The van der Waals surface area contributed by atoms with Gasteiger partial charge in [0.25, 0.3) is 0 Å². The summed E-state index contributed by atoms with van der Waals surface area (Å²) in [5, 5.41) is 4.21. The zero-order valence-corrected chi connectivity index (χ0v) is 11.1. The Morgan fingerprint density at radius 1 is 1.06 bits per heavy atom. The standard InChI is InChI=1S/C14H23N3O/c1-9-2-4-10(5-3-9)13-16-14(18-17-13)11-6-7-12(15)8-11/h9-12H,2-8,15H2,1H3/t9?,10?,11-,12+/m1/s1. The van der Waals surface area contributed by atoms with Crippen LogP contribution in [0.3, 0.4) is 0 Å². The van der Waals surface area contributed by atoms with Crippen LogP contribution in [0.25, 0.3) is 0 Å². The Morgan fingerprint density at radius 2 is 1.78 bits per heavy atom. The third-order valence-electron chi connectivity index (χ3n) is 4.66. The predicted molar refractivity (Wildman–Crippen MR) is 69.2 cm³/mol. The van der Waals surface area contributed by atoms with Gasteiger partial charge in [-0.05, 0) is 38.0 Å². The summed E-state index contributed by atoms with van der Waals surface area (Å²) in [5.41, 5.74) is 5.94. The molecular weight excluding hydrogens is 226 g/mol. The summed E-state index contributed by atoms with van der Waals surface area (Å²) in [4.78, 5) is 4.64. The Labute approximate surface area is 108 Å². The normalized spacial score (nSPS) is 37.0. The third-order valence-corrected chi connectivity index (χ3v) is 4.66. The van der Waals surface area contributed by atoms with Gasteiger partial charge in [-0.1, -0.05) is 24.9 Å². The van der Waals surface area contributed by atoms with E-state index in [0.717, 1.165) is 36.9 Å². The van der Waals surface area contributed by atoms with Gasteiger partial charge in [0, 0.05) is 17.9 Å². The summed E-state index contributed by atoms with van der Waals surface area (Å²) >= 11 is 0. The van der Waals surface area contributed by atoms with Crippen LogP contribution in [0.4, 0.5) is 0 Å². The summed E-state index contributed by atoms with van der Waals surface area (Å²) < 4.78 is 5.46. The predicted octanol–water partition coefficient (Wildman–Crippen LogP) is 2.96. The Morgan fingerprint density at radius 3 is 2.44 bits per heavy atom. The van der Waals surface area contributed by atoms with Gasteiger partial charge < -0.3 is 10.3 Å². The SMILES string of the molecule is CC1CCC(c2noc([C@@H]3CC[C@H](N)C3)n2)CC1. The maximum absolute atomic E-state index is 5.94. The Hall–Kier alpha value is -0.900. The van der Waals surface area contributed by atoms with Gasteiger partial charge in [0.1, 0.15) is 0 Å². The molecule has 0 amide bonds. The summed E-state index contributed by atoms with van der Waals surface area (Å²) in [5.74, 6) is 3.56. The number of hydrogen-bond acceptors (Lipinski definition) is 4. The van der Waals surface area contributed by atoms with Crippen molar-refractivity contribution in [2.75, 3.05) is 0 Å². The van der Waals surface area contributed by atoms with Crippen molar-refractivity contribution in [3.8, 4) is 0 Å². The fourth-order valence-corrected chi connectivity index (χ4v) is 3.34. The van der Waals surface area contributed by atoms with Crippen molar-refractivity contribution in [2.45, 2.75) is 69.7 Å². The molecule has 0 radical (unpaired) electrons. The average Bonchev–Trinajstić information content (AvgIpc) is 2.98. The third kappa shape index (κ3) is 2.44. The number of nitrogens with zero attached hydrogens (tertiary/aromatic N) is 2. The topological polar surface area (TPSA) is 64.9 Å². The lowest BCUT2D eigenvalue weighted by atomic mass is 9.83. The Kier molecular flexibility index (Phi) is 3.37. The molecule has 0 spiro atoms. The molecule has 2 saturated carbocycles. The van der Waals surface area contributed by atoms with E-state index in [0.29, 0.717) is 17.9 Å². The zero-order valence-electron chi connectivity index (χ0n) is 11.1. The highest BCUT2D eigenvalue weighted by atomic mass is 16.5. The van der Waals surface area contributed by atoms with Crippen molar-refractivity contribution in [3.63, 3.8) is 0 Å². The minimum Gasteiger partial charge on any atom is -0.339 e. The second-order valence-corrected chi connectivity index (χ2v) is 6.22. The largest absolute Gasteiger partial charge is 0.339 e. The van der Waals surface area contributed by atoms with Gasteiger partial charge in [-0.25, -0.2) is 0 Å². The van der Waals surface area contributed by atoms with E-state index in [1.807, 2.05) is 0 Å². The number of aromatic nitrogens is 2. The lowest BCUT2D eigenvalue weighted by Crippen LogP contribution is -2.14. The van der Waals surface area contributed by atoms with Crippen molar-refractivity contribution in [3.05, 3.63) is 11.7 Å². The first-order valence-corrected chi connectivity index (χ1v) is 7.31. The molecule has 100 valence electrons. The van der Waals surface area contributed by atoms with Crippen LogP contribution in [0.1, 0.15) is 75.4 Å². The van der Waals surface area contributed by atoms with E-state index in [9.17, 15) is 0 Å². The Balaban J connectivity index is 1.66. The van der Waals surface area contributed by atoms with Gasteiger partial charge in [-0.3, -0.25) is 0 Å². The molecule has 1 heterocycles. The summed E-state index contributed by atoms with van der Waals surface area (Å²) in [6, 6.07) is 0.320. The maximum Gasteiger partial charge on any atom is 0.229 e. The van der Waals surface area contributed by atoms with E-state index >= 15 is 0 Å². The van der Waals surface area contributed by atoms with Crippen molar-refractivity contribution < 1.29 is 4.52 Å². The van der Waals surface area contributed by atoms with E-state index in [4.69, 9.17) is 10.3 Å². The highest BCUT2D eigenvalue weighted by Crippen LogP contribution is 2.36. The van der Waals surface area contributed by atoms with Crippen LogP contribution < -0.4 is 5.73 Å². The van der Waals surface area contributed by atoms with Crippen molar-refractivity contribution in [2.24, 2.45) is 11.7 Å².